The Bertz CT molecular complexity index is 492. The second-order valence-electron chi connectivity index (χ2n) is 5.62. The van der Waals surface area contributed by atoms with Crippen LogP contribution in [0.4, 0.5) is 0 Å². The number of ether oxygens (including phenoxy) is 1. The summed E-state index contributed by atoms with van der Waals surface area (Å²) in [4.78, 5) is 13.6. The zero-order chi connectivity index (χ0) is 14.8. The van der Waals surface area contributed by atoms with Crippen LogP contribution in [-0.2, 0) is 4.79 Å². The first-order valence-corrected chi connectivity index (χ1v) is 7.14. The summed E-state index contributed by atoms with van der Waals surface area (Å²) < 4.78 is 5.68. The molecule has 1 amide bonds. The van der Waals surface area contributed by atoms with E-state index in [0.29, 0.717) is 32.5 Å². The lowest BCUT2D eigenvalue weighted by molar-refractivity contribution is -0.156. The van der Waals surface area contributed by atoms with Gasteiger partial charge in [0.05, 0.1) is 31.7 Å². The third-order valence-electron chi connectivity index (χ3n) is 4.11. The van der Waals surface area contributed by atoms with Crippen molar-refractivity contribution in [2.75, 3.05) is 19.7 Å². The summed E-state index contributed by atoms with van der Waals surface area (Å²) in [5.41, 5.74) is 1.64. The van der Waals surface area contributed by atoms with Crippen molar-refractivity contribution in [1.29, 1.82) is 0 Å². The Labute approximate surface area is 120 Å². The molecule has 1 aromatic carbocycles. The number of rotatable bonds is 5. The maximum atomic E-state index is 11.9. The summed E-state index contributed by atoms with van der Waals surface area (Å²) in [7, 11) is 0. The fourth-order valence-corrected chi connectivity index (χ4v) is 2.35. The van der Waals surface area contributed by atoms with Gasteiger partial charge in [-0.2, -0.15) is 0 Å². The molecule has 1 aromatic rings. The Balaban J connectivity index is 1.77. The van der Waals surface area contributed by atoms with Gasteiger partial charge in [-0.15, -0.1) is 0 Å². The average molecular weight is 277 g/mol. The number of β-amino-alcohol motifs (C(OH)–C–C–N with tert-alkyl or cyclic N) is 1. The molecule has 1 aliphatic rings. The van der Waals surface area contributed by atoms with Crippen molar-refractivity contribution < 1.29 is 14.6 Å². The SMILES string of the molecule is CCC1(O)CN(C(=O)CCOc2cccc(C)c2C)C1. The number of aliphatic hydroxyl groups is 1. The van der Waals surface area contributed by atoms with Gasteiger partial charge in [-0.05, 0) is 37.5 Å². The molecule has 1 fully saturated rings. The maximum Gasteiger partial charge on any atom is 0.226 e. The van der Waals surface area contributed by atoms with Crippen molar-refractivity contribution in [2.45, 2.75) is 39.2 Å². The van der Waals surface area contributed by atoms with Gasteiger partial charge in [-0.1, -0.05) is 19.1 Å². The number of likely N-dealkylation sites (tertiary alicyclic amines) is 1. The molecule has 0 radical (unpaired) electrons. The molecule has 4 heteroatoms. The molecular weight excluding hydrogens is 254 g/mol. The van der Waals surface area contributed by atoms with Crippen LogP contribution in [0.2, 0.25) is 0 Å². The van der Waals surface area contributed by atoms with Crippen LogP contribution in [0.3, 0.4) is 0 Å². The Hall–Kier alpha value is -1.55. The molecule has 0 bridgehead atoms. The molecule has 1 aliphatic heterocycles. The zero-order valence-electron chi connectivity index (χ0n) is 12.5. The number of carbonyl (C=O) groups excluding carboxylic acids is 1. The molecule has 0 unspecified atom stereocenters. The molecule has 110 valence electrons. The van der Waals surface area contributed by atoms with Crippen LogP contribution in [0.5, 0.6) is 5.75 Å². The fourth-order valence-electron chi connectivity index (χ4n) is 2.35. The van der Waals surface area contributed by atoms with Gasteiger partial charge >= 0.3 is 0 Å². The average Bonchev–Trinajstić information content (AvgIpc) is 2.39. The number of hydrogen-bond donors (Lipinski definition) is 1. The number of hydrogen-bond acceptors (Lipinski definition) is 3. The minimum absolute atomic E-state index is 0.0495. The van der Waals surface area contributed by atoms with Crippen LogP contribution in [0.1, 0.15) is 30.9 Å². The van der Waals surface area contributed by atoms with E-state index in [4.69, 9.17) is 4.74 Å². The van der Waals surface area contributed by atoms with Crippen molar-refractivity contribution >= 4 is 5.91 Å². The lowest BCUT2D eigenvalue weighted by atomic mass is 9.91. The van der Waals surface area contributed by atoms with E-state index >= 15 is 0 Å². The zero-order valence-corrected chi connectivity index (χ0v) is 12.5. The van der Waals surface area contributed by atoms with Gasteiger partial charge in [0.1, 0.15) is 5.75 Å². The Morgan fingerprint density at radius 2 is 2.10 bits per heavy atom. The predicted octanol–water partition coefficient (Wildman–Crippen LogP) is 2.06. The molecule has 2 rings (SSSR count). The molecule has 0 saturated carbocycles. The first-order chi connectivity index (χ1) is 9.45. The number of amides is 1. The van der Waals surface area contributed by atoms with Crippen molar-refractivity contribution in [2.24, 2.45) is 0 Å². The smallest absolute Gasteiger partial charge is 0.226 e. The quantitative estimate of drug-likeness (QED) is 0.896. The van der Waals surface area contributed by atoms with E-state index in [9.17, 15) is 9.90 Å². The van der Waals surface area contributed by atoms with E-state index < -0.39 is 5.60 Å². The van der Waals surface area contributed by atoms with Crippen LogP contribution < -0.4 is 4.74 Å². The Kier molecular flexibility index (Phi) is 4.33. The molecule has 0 atom stereocenters. The number of carbonyl (C=O) groups is 1. The van der Waals surface area contributed by atoms with E-state index in [-0.39, 0.29) is 5.91 Å². The molecule has 1 heterocycles. The minimum atomic E-state index is -0.663. The maximum absolute atomic E-state index is 11.9. The van der Waals surface area contributed by atoms with Crippen LogP contribution >= 0.6 is 0 Å². The van der Waals surface area contributed by atoms with Crippen LogP contribution in [0.25, 0.3) is 0 Å². The van der Waals surface area contributed by atoms with Gasteiger partial charge in [0.25, 0.3) is 0 Å². The largest absolute Gasteiger partial charge is 0.493 e. The standard InChI is InChI=1S/C16H23NO3/c1-4-16(19)10-17(11-16)15(18)8-9-20-14-7-5-6-12(2)13(14)3/h5-7,19H,4,8-11H2,1-3H3. The highest BCUT2D eigenvalue weighted by Crippen LogP contribution is 2.25. The third kappa shape index (κ3) is 3.12. The monoisotopic (exact) mass is 277 g/mol. The molecule has 0 spiro atoms. The number of nitrogens with zero attached hydrogens (tertiary/aromatic N) is 1. The third-order valence-corrected chi connectivity index (χ3v) is 4.11. The Morgan fingerprint density at radius 1 is 1.40 bits per heavy atom. The predicted molar refractivity (Wildman–Crippen MR) is 77.8 cm³/mol. The van der Waals surface area contributed by atoms with Gasteiger partial charge in [0.2, 0.25) is 5.91 Å². The topological polar surface area (TPSA) is 49.8 Å². The molecule has 20 heavy (non-hydrogen) atoms. The van der Waals surface area contributed by atoms with Crippen molar-refractivity contribution in [3.63, 3.8) is 0 Å². The minimum Gasteiger partial charge on any atom is -0.493 e. The van der Waals surface area contributed by atoms with E-state index in [1.165, 1.54) is 5.56 Å². The molecule has 1 N–H and O–H groups in total. The summed E-state index contributed by atoms with van der Waals surface area (Å²) in [5, 5.41) is 9.88. The van der Waals surface area contributed by atoms with E-state index in [2.05, 4.69) is 0 Å². The van der Waals surface area contributed by atoms with E-state index in [1.807, 2.05) is 39.0 Å². The first kappa shape index (κ1) is 14.9. The van der Waals surface area contributed by atoms with Crippen molar-refractivity contribution in [3.8, 4) is 5.75 Å². The first-order valence-electron chi connectivity index (χ1n) is 7.14. The van der Waals surface area contributed by atoms with Crippen LogP contribution in [-0.4, -0.2) is 41.2 Å². The van der Waals surface area contributed by atoms with Crippen LogP contribution in [0, 0.1) is 13.8 Å². The molecule has 1 saturated heterocycles. The lowest BCUT2D eigenvalue weighted by Gasteiger charge is -2.46. The van der Waals surface area contributed by atoms with Gasteiger partial charge in [0.15, 0.2) is 0 Å². The lowest BCUT2D eigenvalue weighted by Crippen LogP contribution is -2.63. The molecular formula is C16H23NO3. The normalized spacial score (nSPS) is 16.7. The highest BCUT2D eigenvalue weighted by molar-refractivity contribution is 5.77. The highest BCUT2D eigenvalue weighted by atomic mass is 16.5. The summed E-state index contributed by atoms with van der Waals surface area (Å²) in [6.45, 7) is 7.27. The van der Waals surface area contributed by atoms with Gasteiger partial charge in [0, 0.05) is 0 Å². The van der Waals surface area contributed by atoms with Crippen molar-refractivity contribution in [1.82, 2.24) is 4.90 Å². The fraction of sp³-hybridized carbons (Fsp3) is 0.562. The van der Waals surface area contributed by atoms with Crippen LogP contribution in [0.15, 0.2) is 18.2 Å². The summed E-state index contributed by atoms with van der Waals surface area (Å²) in [6, 6.07) is 5.92. The summed E-state index contributed by atoms with van der Waals surface area (Å²) in [5.74, 6) is 0.889. The summed E-state index contributed by atoms with van der Waals surface area (Å²) in [6.07, 6.45) is 1.04. The van der Waals surface area contributed by atoms with Gasteiger partial charge < -0.3 is 14.7 Å². The number of benzene rings is 1. The van der Waals surface area contributed by atoms with E-state index in [0.717, 1.165) is 11.3 Å². The highest BCUT2D eigenvalue weighted by Gasteiger charge is 2.41. The molecule has 4 nitrogen and oxygen atoms in total. The Morgan fingerprint density at radius 3 is 2.75 bits per heavy atom. The van der Waals surface area contributed by atoms with Crippen molar-refractivity contribution in [3.05, 3.63) is 29.3 Å². The molecule has 0 aromatic heterocycles. The second kappa shape index (κ2) is 5.83. The molecule has 0 aliphatic carbocycles. The van der Waals surface area contributed by atoms with E-state index in [1.54, 1.807) is 4.90 Å². The van der Waals surface area contributed by atoms with Gasteiger partial charge in [-0.3, -0.25) is 4.79 Å². The summed E-state index contributed by atoms with van der Waals surface area (Å²) >= 11 is 0. The van der Waals surface area contributed by atoms with Gasteiger partial charge in [-0.25, -0.2) is 0 Å². The second-order valence-corrected chi connectivity index (χ2v) is 5.62. The number of aryl methyl sites for hydroxylation is 1.